The Morgan fingerprint density at radius 2 is 2.09 bits per heavy atom. The zero-order chi connectivity index (χ0) is 24.3. The third-order valence-corrected chi connectivity index (χ3v) is 7.35. The standard InChI is InChI=1S/C27H22BrN5O2/c1-13(22-12-32-27(29)33-22)16-6-7-23(34)19-5-4-17(25(16)19)14-8-24(35)26(31-10-14)20-11-30-21-9-15(28)2-3-18(20)21/h2-4,6-7,9-13,30,34H,5,8H2,1H3,(H3,29,32,33). The fourth-order valence-corrected chi connectivity index (χ4v) is 5.43. The number of fused-ring (bicyclic) bond motifs is 2. The number of ketones is 1. The van der Waals surface area contributed by atoms with Crippen LogP contribution in [0.4, 0.5) is 5.95 Å². The van der Waals surface area contributed by atoms with Crippen molar-refractivity contribution < 1.29 is 9.90 Å². The average Bonchev–Trinajstić information content (AvgIpc) is 3.57. The second kappa shape index (κ2) is 8.09. The van der Waals surface area contributed by atoms with Crippen molar-refractivity contribution in [2.24, 2.45) is 4.99 Å². The highest BCUT2D eigenvalue weighted by atomic mass is 79.9. The number of nitrogen functional groups attached to an aromatic ring is 1. The quantitative estimate of drug-likeness (QED) is 0.284. The number of imidazole rings is 1. The van der Waals surface area contributed by atoms with Gasteiger partial charge >= 0.3 is 0 Å². The SMILES string of the molecule is CC(c1cnc(N)[nH]1)c1ccc(O)c2c1C(C1=CN=C(c3c[nH]c4cc(Br)ccc34)C(=O)C1)=CC2. The molecule has 0 fully saturated rings. The number of aliphatic imine (C=N–C) groups is 1. The molecule has 1 atom stereocenters. The number of carbonyl (C=O) groups excluding carboxylic acids is 1. The molecule has 3 heterocycles. The van der Waals surface area contributed by atoms with E-state index in [4.69, 9.17) is 5.73 Å². The minimum absolute atomic E-state index is 0.0276. The van der Waals surface area contributed by atoms with Crippen molar-refractivity contribution in [1.29, 1.82) is 0 Å². The Hall–Kier alpha value is -3.91. The number of aromatic amines is 2. The summed E-state index contributed by atoms with van der Waals surface area (Å²) in [5.74, 6) is 0.560. The number of phenols is 1. The van der Waals surface area contributed by atoms with E-state index in [9.17, 15) is 9.90 Å². The van der Waals surface area contributed by atoms with E-state index in [1.807, 2.05) is 30.5 Å². The fraction of sp³-hybridized carbons (Fsp3) is 0.148. The number of hydrogen-bond acceptors (Lipinski definition) is 5. The maximum Gasteiger partial charge on any atom is 0.197 e. The summed E-state index contributed by atoms with van der Waals surface area (Å²) in [5.41, 5.74) is 13.6. The monoisotopic (exact) mass is 527 g/mol. The Morgan fingerprint density at radius 3 is 2.86 bits per heavy atom. The van der Waals surface area contributed by atoms with Crippen molar-refractivity contribution in [2.45, 2.75) is 25.7 Å². The first-order chi connectivity index (χ1) is 16.9. The van der Waals surface area contributed by atoms with Gasteiger partial charge in [-0.25, -0.2) is 4.98 Å². The number of benzene rings is 2. The summed E-state index contributed by atoms with van der Waals surface area (Å²) in [6.45, 7) is 2.07. The van der Waals surface area contributed by atoms with E-state index in [1.165, 1.54) is 0 Å². The van der Waals surface area contributed by atoms with Crippen LogP contribution in [0.1, 0.15) is 47.2 Å². The van der Waals surface area contributed by atoms with Crippen LogP contribution in [0.3, 0.4) is 0 Å². The molecule has 0 bridgehead atoms. The van der Waals surface area contributed by atoms with Crippen LogP contribution in [0, 0.1) is 0 Å². The number of phenolic OH excluding ortho intramolecular Hbond substituents is 1. The molecule has 0 saturated carbocycles. The molecule has 1 unspecified atom stereocenters. The van der Waals surface area contributed by atoms with Crippen LogP contribution < -0.4 is 5.73 Å². The van der Waals surface area contributed by atoms with E-state index in [0.29, 0.717) is 18.1 Å². The number of aromatic nitrogens is 3. The number of halogens is 1. The number of carbonyl (C=O) groups is 1. The molecular formula is C27H22BrN5O2. The highest BCUT2D eigenvalue weighted by molar-refractivity contribution is 9.10. The van der Waals surface area contributed by atoms with E-state index >= 15 is 0 Å². The summed E-state index contributed by atoms with van der Waals surface area (Å²) in [6.07, 6.45) is 8.28. The molecule has 2 aliphatic rings. The number of hydrogen-bond donors (Lipinski definition) is 4. The molecular weight excluding hydrogens is 506 g/mol. The van der Waals surface area contributed by atoms with Crippen LogP contribution in [-0.2, 0) is 11.2 Å². The van der Waals surface area contributed by atoms with Gasteiger partial charge in [-0.05, 0) is 46.9 Å². The van der Waals surface area contributed by atoms with E-state index in [2.05, 4.69) is 48.9 Å². The second-order valence-corrected chi connectivity index (χ2v) is 9.83. The van der Waals surface area contributed by atoms with Crippen molar-refractivity contribution in [3.05, 3.63) is 93.0 Å². The zero-order valence-corrected chi connectivity index (χ0v) is 20.5. The summed E-state index contributed by atoms with van der Waals surface area (Å²) in [5, 5.41) is 11.5. The van der Waals surface area contributed by atoms with Gasteiger partial charge in [0.2, 0.25) is 0 Å². The Balaban J connectivity index is 1.41. The Kier molecular flexibility index (Phi) is 5.00. The number of aromatic hydroxyl groups is 1. The zero-order valence-electron chi connectivity index (χ0n) is 18.9. The minimum atomic E-state index is -0.0308. The third kappa shape index (κ3) is 3.52. The number of nitrogens with two attached hydrogens (primary N) is 1. The van der Waals surface area contributed by atoms with Gasteiger partial charge in [0.25, 0.3) is 0 Å². The smallest absolute Gasteiger partial charge is 0.197 e. The molecule has 0 spiro atoms. The average molecular weight is 528 g/mol. The summed E-state index contributed by atoms with van der Waals surface area (Å²) in [6, 6.07) is 9.58. The van der Waals surface area contributed by atoms with Gasteiger partial charge in [-0.1, -0.05) is 41.1 Å². The van der Waals surface area contributed by atoms with Crippen LogP contribution in [-0.4, -0.2) is 31.6 Å². The van der Waals surface area contributed by atoms with E-state index < -0.39 is 0 Å². The maximum atomic E-state index is 13.3. The molecule has 2 aromatic heterocycles. The van der Waals surface area contributed by atoms with Gasteiger partial charge in [-0.2, -0.15) is 0 Å². The van der Waals surface area contributed by atoms with Gasteiger partial charge < -0.3 is 20.8 Å². The van der Waals surface area contributed by atoms with Crippen LogP contribution in [0.25, 0.3) is 16.5 Å². The molecule has 4 aromatic rings. The van der Waals surface area contributed by atoms with Gasteiger partial charge in [-0.15, -0.1) is 0 Å². The summed E-state index contributed by atoms with van der Waals surface area (Å²) < 4.78 is 0.968. The Bertz CT molecular complexity index is 1620. The Morgan fingerprint density at radius 1 is 1.23 bits per heavy atom. The van der Waals surface area contributed by atoms with E-state index in [0.717, 1.165) is 54.5 Å². The largest absolute Gasteiger partial charge is 0.508 e. The molecule has 5 N–H and O–H groups in total. The lowest BCUT2D eigenvalue weighted by Gasteiger charge is -2.20. The highest BCUT2D eigenvalue weighted by Gasteiger charge is 2.30. The first-order valence-corrected chi connectivity index (χ1v) is 12.1. The molecule has 0 saturated heterocycles. The van der Waals surface area contributed by atoms with Gasteiger partial charge in [0.05, 0.1) is 6.20 Å². The second-order valence-electron chi connectivity index (χ2n) is 8.92. The van der Waals surface area contributed by atoms with E-state index in [1.54, 1.807) is 18.5 Å². The number of Topliss-reactive ketones (excluding diaryl/α,β-unsaturated/α-hetero) is 1. The molecule has 1 aliphatic heterocycles. The van der Waals surface area contributed by atoms with Crippen LogP contribution >= 0.6 is 15.9 Å². The molecule has 7 nitrogen and oxygen atoms in total. The molecule has 0 amide bonds. The van der Waals surface area contributed by atoms with Gasteiger partial charge in [0.15, 0.2) is 11.7 Å². The maximum absolute atomic E-state index is 13.3. The van der Waals surface area contributed by atoms with Crippen molar-refractivity contribution in [3.8, 4) is 5.75 Å². The van der Waals surface area contributed by atoms with Crippen LogP contribution in [0.2, 0.25) is 0 Å². The van der Waals surface area contributed by atoms with Crippen LogP contribution in [0.15, 0.2) is 70.0 Å². The first-order valence-electron chi connectivity index (χ1n) is 11.3. The summed E-state index contributed by atoms with van der Waals surface area (Å²) in [7, 11) is 0. The Labute approximate surface area is 209 Å². The lowest BCUT2D eigenvalue weighted by Crippen LogP contribution is -2.19. The molecule has 174 valence electrons. The molecule has 8 heteroatoms. The summed E-state index contributed by atoms with van der Waals surface area (Å²) in [4.78, 5) is 28.4. The fourth-order valence-electron chi connectivity index (χ4n) is 5.07. The van der Waals surface area contributed by atoms with Gasteiger partial charge in [-0.3, -0.25) is 9.79 Å². The van der Waals surface area contributed by atoms with Crippen molar-refractivity contribution in [2.75, 3.05) is 5.73 Å². The molecule has 6 rings (SSSR count). The number of nitrogens with one attached hydrogen (secondary N) is 2. The topological polar surface area (TPSA) is 120 Å². The highest BCUT2D eigenvalue weighted by Crippen LogP contribution is 2.44. The van der Waals surface area contributed by atoms with Gasteiger partial charge in [0.1, 0.15) is 11.5 Å². The normalized spacial score (nSPS) is 16.2. The predicted molar refractivity (Wildman–Crippen MR) is 141 cm³/mol. The number of H-pyrrole nitrogens is 2. The van der Waals surface area contributed by atoms with Gasteiger partial charge in [0, 0.05) is 56.9 Å². The minimum Gasteiger partial charge on any atom is -0.508 e. The predicted octanol–water partition coefficient (Wildman–Crippen LogP) is 5.38. The van der Waals surface area contributed by atoms with Crippen molar-refractivity contribution in [3.63, 3.8) is 0 Å². The number of nitrogens with zero attached hydrogens (tertiary/aromatic N) is 2. The van der Waals surface area contributed by atoms with Crippen LogP contribution in [0.5, 0.6) is 5.75 Å². The third-order valence-electron chi connectivity index (χ3n) is 6.86. The number of rotatable bonds is 4. The lowest BCUT2D eigenvalue weighted by atomic mass is 9.85. The molecule has 0 radical (unpaired) electrons. The van der Waals surface area contributed by atoms with Crippen molar-refractivity contribution in [1.82, 2.24) is 15.0 Å². The summed E-state index contributed by atoms with van der Waals surface area (Å²) >= 11 is 3.48. The lowest BCUT2D eigenvalue weighted by molar-refractivity contribution is -0.112. The molecule has 35 heavy (non-hydrogen) atoms. The van der Waals surface area contributed by atoms with Crippen molar-refractivity contribution >= 4 is 49.8 Å². The molecule has 1 aliphatic carbocycles. The van der Waals surface area contributed by atoms with E-state index in [-0.39, 0.29) is 23.9 Å². The number of anilines is 1. The molecule has 2 aromatic carbocycles. The number of allylic oxidation sites excluding steroid dienone is 3. The first kappa shape index (κ1) is 21.6.